The number of nitrogens with one attached hydrogen (secondary N) is 1. The van der Waals surface area contributed by atoms with Gasteiger partial charge in [0.25, 0.3) is 5.91 Å². The van der Waals surface area contributed by atoms with Crippen LogP contribution in [0.25, 0.3) is 0 Å². The first-order chi connectivity index (χ1) is 9.68. The van der Waals surface area contributed by atoms with E-state index in [4.69, 9.17) is 0 Å². The summed E-state index contributed by atoms with van der Waals surface area (Å²) in [5, 5.41) is 1.08. The lowest BCUT2D eigenvalue weighted by Gasteiger charge is -2.28. The van der Waals surface area contributed by atoms with Gasteiger partial charge in [0.05, 0.1) is 6.10 Å². The Bertz CT molecular complexity index is 422. The molecule has 0 fully saturated rings. The predicted octanol–water partition coefficient (Wildman–Crippen LogP) is 2.67. The largest absolute Gasteiger partial charge is 0.461 e. The number of hydrogen-bond acceptors (Lipinski definition) is 3. The number of carbonyl (C=O) groups excluding carboxylic acids is 2. The van der Waals surface area contributed by atoms with E-state index in [1.54, 1.807) is 6.92 Å². The molecule has 0 spiro atoms. The summed E-state index contributed by atoms with van der Waals surface area (Å²) >= 11 is 0. The minimum atomic E-state index is -6.63. The van der Waals surface area contributed by atoms with Crippen molar-refractivity contribution in [1.82, 2.24) is 5.32 Å². The van der Waals surface area contributed by atoms with E-state index in [9.17, 15) is 40.3 Å². The fourth-order valence-corrected chi connectivity index (χ4v) is 1.05. The Hall–Kier alpha value is -1.55. The van der Waals surface area contributed by atoms with Crippen molar-refractivity contribution in [2.45, 2.75) is 57.4 Å². The van der Waals surface area contributed by atoms with E-state index in [2.05, 4.69) is 4.74 Å². The van der Waals surface area contributed by atoms with Crippen molar-refractivity contribution >= 4 is 11.9 Å². The lowest BCUT2D eigenvalue weighted by Crippen LogP contribution is -2.61. The lowest BCUT2D eigenvalue weighted by molar-refractivity contribution is -0.344. The van der Waals surface area contributed by atoms with Gasteiger partial charge in [0, 0.05) is 0 Å². The minimum absolute atomic E-state index is 0.342. The molecule has 2 atom stereocenters. The maximum absolute atomic E-state index is 13.0. The normalized spacial score (nSPS) is 15.9. The molecule has 2 unspecified atom stereocenters. The SMILES string of the molecule is CCC(C)OC(=O)C(C)NC(=O)C(F)(F)C(F)(F)C(F)(F)F. The summed E-state index contributed by atoms with van der Waals surface area (Å²) in [6.45, 7) is 3.85. The first-order valence-corrected chi connectivity index (χ1v) is 6.02. The van der Waals surface area contributed by atoms with Crippen LogP contribution in [0, 0.1) is 0 Å². The van der Waals surface area contributed by atoms with Crippen LogP contribution in [0.4, 0.5) is 30.7 Å². The summed E-state index contributed by atoms with van der Waals surface area (Å²) in [7, 11) is 0. The van der Waals surface area contributed by atoms with Crippen LogP contribution in [0.2, 0.25) is 0 Å². The number of hydrogen-bond donors (Lipinski definition) is 1. The van der Waals surface area contributed by atoms with Crippen LogP contribution in [-0.4, -0.2) is 42.0 Å². The third-order valence-corrected chi connectivity index (χ3v) is 2.63. The highest BCUT2D eigenvalue weighted by molar-refractivity contribution is 5.89. The molecular weight excluding hydrogens is 327 g/mol. The van der Waals surface area contributed by atoms with Gasteiger partial charge in [0.1, 0.15) is 6.04 Å². The van der Waals surface area contributed by atoms with Crippen LogP contribution >= 0.6 is 0 Å². The average molecular weight is 341 g/mol. The lowest BCUT2D eigenvalue weighted by atomic mass is 10.1. The summed E-state index contributed by atoms with van der Waals surface area (Å²) in [6, 6.07) is -1.82. The van der Waals surface area contributed by atoms with Crippen molar-refractivity contribution in [3.05, 3.63) is 0 Å². The molecule has 11 heteroatoms. The molecule has 0 rings (SSSR count). The van der Waals surface area contributed by atoms with Crippen LogP contribution in [0.3, 0.4) is 0 Å². The van der Waals surface area contributed by atoms with Crippen LogP contribution in [-0.2, 0) is 14.3 Å². The minimum Gasteiger partial charge on any atom is -0.461 e. The molecule has 0 saturated heterocycles. The van der Waals surface area contributed by atoms with Crippen molar-refractivity contribution in [3.8, 4) is 0 Å². The first kappa shape index (κ1) is 20.5. The van der Waals surface area contributed by atoms with Gasteiger partial charge in [-0.2, -0.15) is 30.7 Å². The highest BCUT2D eigenvalue weighted by atomic mass is 19.4. The molecule has 0 aromatic rings. The van der Waals surface area contributed by atoms with Gasteiger partial charge >= 0.3 is 24.0 Å². The average Bonchev–Trinajstić information content (AvgIpc) is 2.36. The van der Waals surface area contributed by atoms with Gasteiger partial charge in [-0.15, -0.1) is 0 Å². The summed E-state index contributed by atoms with van der Waals surface area (Å²) in [6.07, 6.45) is -6.94. The van der Waals surface area contributed by atoms with Gasteiger partial charge in [-0.3, -0.25) is 4.79 Å². The molecule has 130 valence electrons. The van der Waals surface area contributed by atoms with Crippen LogP contribution in [0.15, 0.2) is 0 Å². The quantitative estimate of drug-likeness (QED) is 0.597. The molecule has 0 aliphatic heterocycles. The molecule has 0 aliphatic rings. The molecule has 1 amide bonds. The molecule has 0 aromatic heterocycles. The maximum atomic E-state index is 13.0. The van der Waals surface area contributed by atoms with Crippen molar-refractivity contribution in [2.75, 3.05) is 0 Å². The van der Waals surface area contributed by atoms with E-state index in [-0.39, 0.29) is 0 Å². The van der Waals surface area contributed by atoms with E-state index in [1.807, 2.05) is 0 Å². The van der Waals surface area contributed by atoms with E-state index in [1.165, 1.54) is 6.92 Å². The molecule has 1 N–H and O–H groups in total. The van der Waals surface area contributed by atoms with Gasteiger partial charge in [0.2, 0.25) is 0 Å². The Morgan fingerprint density at radius 1 is 1.05 bits per heavy atom. The van der Waals surface area contributed by atoms with Crippen molar-refractivity contribution in [2.24, 2.45) is 0 Å². The maximum Gasteiger partial charge on any atom is 0.460 e. The zero-order valence-electron chi connectivity index (χ0n) is 11.7. The Labute approximate surface area is 121 Å². The molecule has 0 bridgehead atoms. The van der Waals surface area contributed by atoms with E-state index in [0.29, 0.717) is 6.42 Å². The first-order valence-electron chi connectivity index (χ1n) is 6.02. The second kappa shape index (κ2) is 6.69. The number of ether oxygens (including phenoxy) is 1. The number of amides is 1. The zero-order chi connectivity index (χ0) is 17.9. The highest BCUT2D eigenvalue weighted by Gasteiger charge is 2.76. The van der Waals surface area contributed by atoms with E-state index in [0.717, 1.165) is 12.2 Å². The van der Waals surface area contributed by atoms with Gasteiger partial charge < -0.3 is 10.1 Å². The number of halogens is 7. The third-order valence-electron chi connectivity index (χ3n) is 2.63. The number of rotatable bonds is 6. The standard InChI is InChI=1S/C11H14F7NO3/c1-4-5(2)22-7(20)6(3)19-8(21)9(12,13)10(14,15)11(16,17)18/h5-6H,4H2,1-3H3,(H,19,21). The van der Waals surface area contributed by atoms with Crippen molar-refractivity contribution in [1.29, 1.82) is 0 Å². The van der Waals surface area contributed by atoms with Crippen LogP contribution in [0.5, 0.6) is 0 Å². The smallest absolute Gasteiger partial charge is 0.460 e. The summed E-state index contributed by atoms with van der Waals surface area (Å²) < 4.78 is 91.6. The number of esters is 1. The van der Waals surface area contributed by atoms with E-state index < -0.39 is 42.0 Å². The monoisotopic (exact) mass is 341 g/mol. The molecule has 0 saturated carbocycles. The van der Waals surface area contributed by atoms with Gasteiger partial charge in [0.15, 0.2) is 0 Å². The van der Waals surface area contributed by atoms with Gasteiger partial charge in [-0.05, 0) is 20.3 Å². The van der Waals surface area contributed by atoms with Gasteiger partial charge in [-0.1, -0.05) is 6.92 Å². The van der Waals surface area contributed by atoms with E-state index >= 15 is 0 Å². The second-order valence-electron chi connectivity index (χ2n) is 4.50. The second-order valence-corrected chi connectivity index (χ2v) is 4.50. The predicted molar refractivity (Wildman–Crippen MR) is 59.4 cm³/mol. The molecular formula is C11H14F7NO3. The summed E-state index contributed by atoms with van der Waals surface area (Å²) in [5.41, 5.74) is 0. The molecule has 22 heavy (non-hydrogen) atoms. The fraction of sp³-hybridized carbons (Fsp3) is 0.818. The Morgan fingerprint density at radius 2 is 1.50 bits per heavy atom. The van der Waals surface area contributed by atoms with Gasteiger partial charge in [-0.25, -0.2) is 4.79 Å². The third kappa shape index (κ3) is 4.23. The summed E-state index contributed by atoms with van der Waals surface area (Å²) in [4.78, 5) is 22.3. The van der Waals surface area contributed by atoms with Crippen LogP contribution < -0.4 is 5.32 Å². The fourth-order valence-electron chi connectivity index (χ4n) is 1.05. The Balaban J connectivity index is 5.02. The Morgan fingerprint density at radius 3 is 1.86 bits per heavy atom. The highest BCUT2D eigenvalue weighted by Crippen LogP contribution is 2.46. The van der Waals surface area contributed by atoms with Crippen molar-refractivity contribution < 1.29 is 45.1 Å². The summed E-state index contributed by atoms with van der Waals surface area (Å²) in [5.74, 6) is -16.8. The topological polar surface area (TPSA) is 55.4 Å². The number of carbonyl (C=O) groups is 2. The van der Waals surface area contributed by atoms with Crippen molar-refractivity contribution in [3.63, 3.8) is 0 Å². The zero-order valence-corrected chi connectivity index (χ0v) is 11.7. The molecule has 0 heterocycles. The molecule has 0 radical (unpaired) electrons. The molecule has 0 aliphatic carbocycles. The molecule has 0 aromatic carbocycles. The van der Waals surface area contributed by atoms with Crippen LogP contribution in [0.1, 0.15) is 27.2 Å². The molecule has 4 nitrogen and oxygen atoms in total. The number of alkyl halides is 7. The Kier molecular flexibility index (Phi) is 6.22.